The minimum absolute atomic E-state index is 0.292. The van der Waals surface area contributed by atoms with Gasteiger partial charge in [-0.3, -0.25) is 0 Å². The quantitative estimate of drug-likeness (QED) is 0.730. The minimum atomic E-state index is -0.292. The van der Waals surface area contributed by atoms with E-state index in [1.165, 1.54) is 0 Å². The van der Waals surface area contributed by atoms with E-state index in [9.17, 15) is 5.11 Å². The number of nitrogens with zero attached hydrogens (tertiary/aromatic N) is 7. The molecule has 0 radical (unpaired) electrons. The third kappa shape index (κ3) is 3.70. The highest BCUT2D eigenvalue weighted by Crippen LogP contribution is 2.27. The molecular formula is C21H27N7O. The number of β-amino-alcohol motifs (C(OH)–C–C–N with tert-alkyl or cyclic N) is 1. The van der Waals surface area contributed by atoms with Gasteiger partial charge < -0.3 is 14.9 Å². The number of aliphatic hydroxyl groups is 1. The van der Waals surface area contributed by atoms with E-state index in [4.69, 9.17) is 4.98 Å². The lowest BCUT2D eigenvalue weighted by molar-refractivity contribution is 0.153. The van der Waals surface area contributed by atoms with Crippen LogP contribution in [-0.4, -0.2) is 74.1 Å². The molecule has 5 rings (SSSR count). The van der Waals surface area contributed by atoms with Crippen molar-refractivity contribution in [1.82, 2.24) is 29.6 Å². The molecule has 3 aromatic rings. The first-order valence-electron chi connectivity index (χ1n) is 10.4. The Hall–Kier alpha value is -2.58. The molecule has 2 saturated heterocycles. The Labute approximate surface area is 170 Å². The molecule has 0 aromatic carbocycles. The number of aliphatic hydroxyl groups excluding tert-OH is 1. The second-order valence-electron chi connectivity index (χ2n) is 8.27. The van der Waals surface area contributed by atoms with Crippen LogP contribution >= 0.6 is 0 Å². The number of rotatable bonds is 3. The number of likely N-dealkylation sites (tertiary alicyclic amines) is 1. The first-order chi connectivity index (χ1) is 14.2. The summed E-state index contributed by atoms with van der Waals surface area (Å²) in [5, 5.41) is 15.5. The van der Waals surface area contributed by atoms with Crippen molar-refractivity contribution in [1.29, 1.82) is 0 Å². The van der Waals surface area contributed by atoms with Crippen LogP contribution in [0.5, 0.6) is 0 Å². The van der Waals surface area contributed by atoms with Gasteiger partial charge in [-0.1, -0.05) is 0 Å². The smallest absolute Gasteiger partial charge is 0.225 e. The molecule has 2 fully saturated rings. The van der Waals surface area contributed by atoms with Crippen LogP contribution in [0.15, 0.2) is 30.9 Å². The third-order valence-corrected chi connectivity index (χ3v) is 6.12. The van der Waals surface area contributed by atoms with Crippen LogP contribution in [0.2, 0.25) is 0 Å². The topological polar surface area (TPSA) is 83.2 Å². The van der Waals surface area contributed by atoms with Gasteiger partial charge in [-0.05, 0) is 51.9 Å². The molecular weight excluding hydrogens is 366 g/mol. The average Bonchev–Trinajstić information content (AvgIpc) is 3.18. The predicted molar refractivity (Wildman–Crippen MR) is 112 cm³/mol. The molecule has 0 spiro atoms. The van der Waals surface area contributed by atoms with Crippen LogP contribution in [0.4, 0.5) is 5.95 Å². The summed E-state index contributed by atoms with van der Waals surface area (Å²) in [7, 11) is 2.17. The van der Waals surface area contributed by atoms with Crippen molar-refractivity contribution in [2.45, 2.75) is 37.8 Å². The maximum atomic E-state index is 9.87. The van der Waals surface area contributed by atoms with Gasteiger partial charge in [0.2, 0.25) is 5.95 Å². The average molecular weight is 393 g/mol. The van der Waals surface area contributed by atoms with E-state index in [0.29, 0.717) is 18.5 Å². The molecule has 0 bridgehead atoms. The molecule has 5 heterocycles. The fraction of sp³-hybridized carbons (Fsp3) is 0.524. The van der Waals surface area contributed by atoms with E-state index in [-0.39, 0.29) is 6.10 Å². The molecule has 0 aliphatic carbocycles. The first kappa shape index (κ1) is 18.4. The van der Waals surface area contributed by atoms with Gasteiger partial charge in [-0.2, -0.15) is 5.10 Å². The normalized spacial score (nSPS) is 21.7. The fourth-order valence-corrected chi connectivity index (χ4v) is 4.37. The van der Waals surface area contributed by atoms with E-state index in [1.54, 1.807) is 0 Å². The minimum Gasteiger partial charge on any atom is -0.391 e. The van der Waals surface area contributed by atoms with Crippen LogP contribution in [0.3, 0.4) is 0 Å². The highest BCUT2D eigenvalue weighted by atomic mass is 16.3. The van der Waals surface area contributed by atoms with E-state index >= 15 is 0 Å². The van der Waals surface area contributed by atoms with Crippen LogP contribution in [0.1, 0.15) is 31.7 Å². The summed E-state index contributed by atoms with van der Waals surface area (Å²) in [5.74, 6) is 0.677. The van der Waals surface area contributed by atoms with Gasteiger partial charge in [0.05, 0.1) is 18.3 Å². The van der Waals surface area contributed by atoms with Gasteiger partial charge in [-0.15, -0.1) is 0 Å². The zero-order chi connectivity index (χ0) is 19.8. The molecule has 8 nitrogen and oxygen atoms in total. The second kappa shape index (κ2) is 7.68. The fourth-order valence-electron chi connectivity index (χ4n) is 4.37. The zero-order valence-electron chi connectivity index (χ0n) is 16.8. The molecule has 2 aliphatic rings. The van der Waals surface area contributed by atoms with Crippen LogP contribution < -0.4 is 4.90 Å². The largest absolute Gasteiger partial charge is 0.391 e. The summed E-state index contributed by atoms with van der Waals surface area (Å²) >= 11 is 0. The van der Waals surface area contributed by atoms with Crippen molar-refractivity contribution in [2.24, 2.45) is 0 Å². The van der Waals surface area contributed by atoms with Crippen LogP contribution in [0, 0.1) is 0 Å². The van der Waals surface area contributed by atoms with Gasteiger partial charge in [0.15, 0.2) is 5.65 Å². The molecule has 1 unspecified atom stereocenters. The Balaban J connectivity index is 1.37. The maximum Gasteiger partial charge on any atom is 0.225 e. The lowest BCUT2D eigenvalue weighted by atomic mass is 10.1. The molecule has 29 heavy (non-hydrogen) atoms. The Bertz CT molecular complexity index is 978. The van der Waals surface area contributed by atoms with E-state index in [2.05, 4.69) is 37.8 Å². The van der Waals surface area contributed by atoms with E-state index < -0.39 is 0 Å². The Morgan fingerprint density at radius 2 is 1.69 bits per heavy atom. The Morgan fingerprint density at radius 1 is 0.931 bits per heavy atom. The summed E-state index contributed by atoms with van der Waals surface area (Å²) in [4.78, 5) is 18.2. The molecule has 0 amide bonds. The molecule has 0 saturated carbocycles. The lowest BCUT2D eigenvalue weighted by Gasteiger charge is -2.29. The molecule has 2 aliphatic heterocycles. The molecule has 1 N–H and O–H groups in total. The van der Waals surface area contributed by atoms with Crippen molar-refractivity contribution >= 4 is 17.0 Å². The summed E-state index contributed by atoms with van der Waals surface area (Å²) < 4.78 is 2.09. The van der Waals surface area contributed by atoms with Gasteiger partial charge in [-0.25, -0.2) is 19.6 Å². The highest BCUT2D eigenvalue weighted by molar-refractivity contribution is 5.80. The molecule has 1 atom stereocenters. The van der Waals surface area contributed by atoms with Crippen molar-refractivity contribution in [3.05, 3.63) is 30.9 Å². The maximum absolute atomic E-state index is 9.87. The van der Waals surface area contributed by atoms with Gasteiger partial charge in [0.1, 0.15) is 0 Å². The number of fused-ring (bicyclic) bond motifs is 1. The predicted octanol–water partition coefficient (Wildman–Crippen LogP) is 2.12. The van der Waals surface area contributed by atoms with Gasteiger partial charge in [0.25, 0.3) is 0 Å². The number of pyridine rings is 1. The monoisotopic (exact) mass is 393 g/mol. The SMILES string of the molecule is CN1CCC(n2ncc3cc(-c4cnc(N5CCCC(O)C5)nc4)cnc32)CC1. The van der Waals surface area contributed by atoms with E-state index in [1.807, 2.05) is 29.7 Å². The van der Waals surface area contributed by atoms with Gasteiger partial charge >= 0.3 is 0 Å². The molecule has 8 heteroatoms. The highest BCUT2D eigenvalue weighted by Gasteiger charge is 2.22. The zero-order valence-corrected chi connectivity index (χ0v) is 16.8. The van der Waals surface area contributed by atoms with Crippen molar-refractivity contribution in [2.75, 3.05) is 38.1 Å². The number of piperidine rings is 2. The number of aromatic nitrogens is 5. The third-order valence-electron chi connectivity index (χ3n) is 6.12. The second-order valence-corrected chi connectivity index (χ2v) is 8.27. The summed E-state index contributed by atoms with van der Waals surface area (Å²) in [6, 6.07) is 2.54. The number of hydrogen-bond acceptors (Lipinski definition) is 7. The number of hydrogen-bond donors (Lipinski definition) is 1. The van der Waals surface area contributed by atoms with Crippen molar-refractivity contribution in [3.63, 3.8) is 0 Å². The first-order valence-corrected chi connectivity index (χ1v) is 10.4. The van der Waals surface area contributed by atoms with Crippen LogP contribution in [-0.2, 0) is 0 Å². The number of anilines is 1. The lowest BCUT2D eigenvalue weighted by Crippen LogP contribution is -2.39. The summed E-state index contributed by atoms with van der Waals surface area (Å²) in [6.45, 7) is 3.69. The standard InChI is InChI=1S/C21H27N7O/c1-26-7-4-18(5-8-26)28-20-16(13-25-28)9-15(10-22-20)17-11-23-21(24-12-17)27-6-2-3-19(29)14-27/h9-13,18-19,29H,2-8,14H2,1H3. The van der Waals surface area contributed by atoms with Crippen molar-refractivity contribution in [3.8, 4) is 11.1 Å². The Kier molecular flexibility index (Phi) is 4.89. The summed E-state index contributed by atoms with van der Waals surface area (Å²) in [6.07, 6.45) is 11.2. The van der Waals surface area contributed by atoms with Gasteiger partial charge in [0, 0.05) is 48.2 Å². The van der Waals surface area contributed by atoms with E-state index in [0.717, 1.165) is 67.5 Å². The van der Waals surface area contributed by atoms with Crippen LogP contribution in [0.25, 0.3) is 22.2 Å². The summed E-state index contributed by atoms with van der Waals surface area (Å²) in [5.41, 5.74) is 2.88. The van der Waals surface area contributed by atoms with Crippen molar-refractivity contribution < 1.29 is 5.11 Å². The molecule has 3 aromatic heterocycles. The Morgan fingerprint density at radius 3 is 2.45 bits per heavy atom. The molecule has 152 valence electrons.